The average molecular weight is 300 g/mol. The van der Waals surface area contributed by atoms with E-state index in [0.717, 1.165) is 62.2 Å². The molecule has 3 heterocycles. The Morgan fingerprint density at radius 3 is 2.82 bits per heavy atom. The maximum Gasteiger partial charge on any atom is 0.147 e. The lowest BCUT2D eigenvalue weighted by Crippen LogP contribution is -2.23. The molecule has 0 atom stereocenters. The van der Waals surface area contributed by atoms with Gasteiger partial charge in [-0.15, -0.1) is 10.2 Å². The molecule has 6 heteroatoms. The van der Waals surface area contributed by atoms with Gasteiger partial charge in [0.1, 0.15) is 11.6 Å². The molecule has 2 aromatic rings. The van der Waals surface area contributed by atoms with E-state index in [1.807, 2.05) is 13.0 Å². The van der Waals surface area contributed by atoms with Crippen LogP contribution in [-0.2, 0) is 26.2 Å². The van der Waals surface area contributed by atoms with Crippen molar-refractivity contribution in [2.75, 3.05) is 20.6 Å². The first-order chi connectivity index (χ1) is 10.6. The summed E-state index contributed by atoms with van der Waals surface area (Å²) < 4.78 is 2.28. The normalized spacial score (nSPS) is 15.8. The molecule has 118 valence electrons. The van der Waals surface area contributed by atoms with Crippen molar-refractivity contribution in [1.29, 1.82) is 0 Å². The van der Waals surface area contributed by atoms with Gasteiger partial charge in [-0.2, -0.15) is 0 Å². The summed E-state index contributed by atoms with van der Waals surface area (Å²) in [6.45, 7) is 6.67. The average Bonchev–Trinajstić information content (AvgIpc) is 2.69. The fraction of sp³-hybridized carbons (Fsp3) is 0.562. The molecule has 1 aliphatic rings. The van der Waals surface area contributed by atoms with Crippen LogP contribution in [0.2, 0.25) is 0 Å². The Labute approximate surface area is 131 Å². The van der Waals surface area contributed by atoms with E-state index in [-0.39, 0.29) is 0 Å². The van der Waals surface area contributed by atoms with Gasteiger partial charge in [0.05, 0.1) is 18.8 Å². The molecule has 6 nitrogen and oxygen atoms in total. The molecule has 0 fully saturated rings. The number of aromatic nitrogens is 4. The number of hydrogen-bond donors (Lipinski definition) is 0. The Balaban J connectivity index is 1.73. The van der Waals surface area contributed by atoms with Crippen LogP contribution in [0.4, 0.5) is 0 Å². The van der Waals surface area contributed by atoms with Crippen LogP contribution < -0.4 is 0 Å². The number of rotatable bonds is 4. The highest BCUT2D eigenvalue weighted by Gasteiger charge is 2.19. The second-order valence-corrected chi connectivity index (χ2v) is 6.26. The van der Waals surface area contributed by atoms with Crippen LogP contribution in [0.1, 0.15) is 29.5 Å². The Bertz CT molecular complexity index is 633. The summed E-state index contributed by atoms with van der Waals surface area (Å²) in [6.07, 6.45) is 1.12. The molecule has 1 aliphatic heterocycles. The molecule has 3 rings (SSSR count). The van der Waals surface area contributed by atoms with Crippen LogP contribution in [0, 0.1) is 6.92 Å². The van der Waals surface area contributed by atoms with E-state index < -0.39 is 0 Å². The second-order valence-electron chi connectivity index (χ2n) is 6.26. The Morgan fingerprint density at radius 1 is 1.18 bits per heavy atom. The zero-order valence-corrected chi connectivity index (χ0v) is 13.7. The number of hydrogen-bond acceptors (Lipinski definition) is 5. The fourth-order valence-electron chi connectivity index (χ4n) is 2.93. The van der Waals surface area contributed by atoms with Gasteiger partial charge in [-0.1, -0.05) is 6.07 Å². The summed E-state index contributed by atoms with van der Waals surface area (Å²) in [5.74, 6) is 2.14. The highest BCUT2D eigenvalue weighted by Crippen LogP contribution is 2.15. The lowest BCUT2D eigenvalue weighted by molar-refractivity contribution is 0.254. The SMILES string of the molecule is Cc1cccc(CN2CCCn3c(CN(C)C)nnc3C2)n1. The van der Waals surface area contributed by atoms with Crippen molar-refractivity contribution in [2.24, 2.45) is 0 Å². The Hall–Kier alpha value is -1.79. The number of aryl methyl sites for hydroxylation is 1. The Kier molecular flexibility index (Phi) is 4.49. The number of fused-ring (bicyclic) bond motifs is 1. The first-order valence-corrected chi connectivity index (χ1v) is 7.82. The van der Waals surface area contributed by atoms with Crippen molar-refractivity contribution < 1.29 is 0 Å². The van der Waals surface area contributed by atoms with Crippen molar-refractivity contribution >= 4 is 0 Å². The molecule has 0 amide bonds. The molecule has 0 N–H and O–H groups in total. The third-order valence-electron chi connectivity index (χ3n) is 3.91. The number of pyridine rings is 1. The van der Waals surface area contributed by atoms with Gasteiger partial charge in [-0.05, 0) is 39.6 Å². The summed E-state index contributed by atoms with van der Waals surface area (Å²) in [5, 5.41) is 8.77. The molecule has 0 aromatic carbocycles. The quantitative estimate of drug-likeness (QED) is 0.855. The van der Waals surface area contributed by atoms with Gasteiger partial charge in [-0.3, -0.25) is 9.88 Å². The molecule has 0 unspecified atom stereocenters. The lowest BCUT2D eigenvalue weighted by Gasteiger charge is -2.18. The maximum atomic E-state index is 4.61. The van der Waals surface area contributed by atoms with Gasteiger partial charge in [0, 0.05) is 25.3 Å². The molecule has 2 aromatic heterocycles. The Morgan fingerprint density at radius 2 is 2.05 bits per heavy atom. The predicted octanol–water partition coefficient (Wildman–Crippen LogP) is 1.45. The van der Waals surface area contributed by atoms with Crippen LogP contribution in [0.25, 0.3) is 0 Å². The van der Waals surface area contributed by atoms with Gasteiger partial charge in [0.2, 0.25) is 0 Å². The largest absolute Gasteiger partial charge is 0.313 e. The predicted molar refractivity (Wildman–Crippen MR) is 85.1 cm³/mol. The summed E-state index contributed by atoms with van der Waals surface area (Å²) in [7, 11) is 4.13. The van der Waals surface area contributed by atoms with E-state index in [9.17, 15) is 0 Å². The van der Waals surface area contributed by atoms with E-state index in [1.54, 1.807) is 0 Å². The van der Waals surface area contributed by atoms with Crippen LogP contribution in [0.3, 0.4) is 0 Å². The zero-order chi connectivity index (χ0) is 15.5. The molecule has 0 saturated carbocycles. The third kappa shape index (κ3) is 3.51. The van der Waals surface area contributed by atoms with Crippen LogP contribution >= 0.6 is 0 Å². The topological polar surface area (TPSA) is 50.1 Å². The summed E-state index contributed by atoms with van der Waals surface area (Å²) in [4.78, 5) is 9.15. The fourth-order valence-corrected chi connectivity index (χ4v) is 2.93. The van der Waals surface area contributed by atoms with Crippen molar-refractivity contribution in [3.05, 3.63) is 41.2 Å². The van der Waals surface area contributed by atoms with Crippen molar-refractivity contribution in [3.63, 3.8) is 0 Å². The van der Waals surface area contributed by atoms with Crippen molar-refractivity contribution in [1.82, 2.24) is 29.5 Å². The highest BCUT2D eigenvalue weighted by molar-refractivity contribution is 5.10. The van der Waals surface area contributed by atoms with Crippen LogP contribution in [0.5, 0.6) is 0 Å². The zero-order valence-electron chi connectivity index (χ0n) is 13.7. The molecule has 0 saturated heterocycles. The van der Waals surface area contributed by atoms with E-state index >= 15 is 0 Å². The monoisotopic (exact) mass is 300 g/mol. The summed E-state index contributed by atoms with van der Waals surface area (Å²) in [6, 6.07) is 6.21. The van der Waals surface area contributed by atoms with E-state index in [2.05, 4.69) is 55.8 Å². The van der Waals surface area contributed by atoms with Crippen LogP contribution in [-0.4, -0.2) is 50.2 Å². The molecule has 0 bridgehead atoms. The molecular weight excluding hydrogens is 276 g/mol. The van der Waals surface area contributed by atoms with Gasteiger partial charge in [0.25, 0.3) is 0 Å². The van der Waals surface area contributed by atoms with E-state index in [4.69, 9.17) is 0 Å². The number of nitrogens with zero attached hydrogens (tertiary/aromatic N) is 6. The third-order valence-corrected chi connectivity index (χ3v) is 3.91. The molecule has 0 aliphatic carbocycles. The van der Waals surface area contributed by atoms with E-state index in [1.165, 1.54) is 0 Å². The standard InChI is InChI=1S/C16H24N6/c1-13-6-4-7-14(17-13)10-21-8-5-9-22-15(11-20(2)3)18-19-16(22)12-21/h4,6-7H,5,8-12H2,1-3H3. The van der Waals surface area contributed by atoms with Gasteiger partial charge in [0.15, 0.2) is 0 Å². The minimum absolute atomic E-state index is 0.840. The van der Waals surface area contributed by atoms with Gasteiger partial charge >= 0.3 is 0 Å². The molecule has 0 radical (unpaired) electrons. The van der Waals surface area contributed by atoms with Crippen LogP contribution in [0.15, 0.2) is 18.2 Å². The van der Waals surface area contributed by atoms with Crippen molar-refractivity contribution in [2.45, 2.75) is 39.5 Å². The molecular formula is C16H24N6. The van der Waals surface area contributed by atoms with E-state index in [0.29, 0.717) is 0 Å². The first kappa shape index (κ1) is 15.1. The van der Waals surface area contributed by atoms with Gasteiger partial charge in [-0.25, -0.2) is 0 Å². The summed E-state index contributed by atoms with van der Waals surface area (Å²) >= 11 is 0. The minimum Gasteiger partial charge on any atom is -0.313 e. The minimum atomic E-state index is 0.840. The highest BCUT2D eigenvalue weighted by atomic mass is 15.3. The second kappa shape index (κ2) is 6.54. The van der Waals surface area contributed by atoms with Crippen molar-refractivity contribution in [3.8, 4) is 0 Å². The summed E-state index contributed by atoms with van der Waals surface area (Å²) in [5.41, 5.74) is 2.20. The lowest BCUT2D eigenvalue weighted by atomic mass is 10.3. The van der Waals surface area contributed by atoms with Gasteiger partial charge < -0.3 is 9.47 Å². The molecule has 22 heavy (non-hydrogen) atoms. The molecule has 0 spiro atoms. The maximum absolute atomic E-state index is 4.61. The smallest absolute Gasteiger partial charge is 0.147 e. The first-order valence-electron chi connectivity index (χ1n) is 7.82.